The Balaban J connectivity index is 2.45. The van der Waals surface area contributed by atoms with Gasteiger partial charge in [0.2, 0.25) is 10.0 Å². The van der Waals surface area contributed by atoms with Gasteiger partial charge in [-0.15, -0.1) is 0 Å². The predicted molar refractivity (Wildman–Crippen MR) is 53.0 cm³/mol. The summed E-state index contributed by atoms with van der Waals surface area (Å²) < 4.78 is 30.5. The first-order valence-electron chi connectivity index (χ1n) is 4.74. The molecule has 0 aromatic carbocycles. The number of rotatable bonds is 5. The molecular formula is C8H15NO5S. The van der Waals surface area contributed by atoms with Crippen LogP contribution in [0.15, 0.2) is 0 Å². The highest BCUT2D eigenvalue weighted by Crippen LogP contribution is 2.13. The molecule has 0 amide bonds. The first kappa shape index (κ1) is 12.4. The van der Waals surface area contributed by atoms with Gasteiger partial charge in [-0.1, -0.05) is 0 Å². The normalized spacial score (nSPS) is 26.7. The van der Waals surface area contributed by atoms with Crippen LogP contribution in [0.3, 0.4) is 0 Å². The maximum Gasteiger partial charge on any atom is 0.304 e. The second-order valence-corrected chi connectivity index (χ2v) is 5.42. The maximum absolute atomic E-state index is 11.4. The number of nitrogens with one attached hydrogen (secondary N) is 1. The third-order valence-corrected chi connectivity index (χ3v) is 3.70. The van der Waals surface area contributed by atoms with Gasteiger partial charge in [-0.2, -0.15) is 0 Å². The highest BCUT2D eigenvalue weighted by molar-refractivity contribution is 7.89. The van der Waals surface area contributed by atoms with E-state index in [1.165, 1.54) is 0 Å². The van der Waals surface area contributed by atoms with E-state index in [-0.39, 0.29) is 24.3 Å². The van der Waals surface area contributed by atoms with Crippen molar-refractivity contribution >= 4 is 16.0 Å². The molecule has 1 aliphatic heterocycles. The number of hydrogen-bond donors (Lipinski definition) is 2. The lowest BCUT2D eigenvalue weighted by Crippen LogP contribution is -2.40. The van der Waals surface area contributed by atoms with Crippen LogP contribution in [0.4, 0.5) is 0 Å². The van der Waals surface area contributed by atoms with E-state index in [0.29, 0.717) is 13.0 Å². The minimum absolute atomic E-state index is 0.149. The molecule has 1 heterocycles. The van der Waals surface area contributed by atoms with E-state index in [2.05, 4.69) is 4.72 Å². The van der Waals surface area contributed by atoms with Crippen molar-refractivity contribution in [2.45, 2.75) is 31.9 Å². The number of carbonyl (C=O) groups is 1. The summed E-state index contributed by atoms with van der Waals surface area (Å²) in [5.74, 6) is -1.50. The van der Waals surface area contributed by atoms with Crippen molar-refractivity contribution in [3.63, 3.8) is 0 Å². The summed E-state index contributed by atoms with van der Waals surface area (Å²) >= 11 is 0. The van der Waals surface area contributed by atoms with Crippen LogP contribution < -0.4 is 4.72 Å². The summed E-state index contributed by atoms with van der Waals surface area (Å²) in [5, 5.41) is 8.37. The number of carboxylic acids is 1. The Morgan fingerprint density at radius 1 is 1.60 bits per heavy atom. The van der Waals surface area contributed by atoms with Gasteiger partial charge in [-0.3, -0.25) is 4.79 Å². The monoisotopic (exact) mass is 237 g/mol. The van der Waals surface area contributed by atoms with Crippen molar-refractivity contribution in [3.05, 3.63) is 0 Å². The Morgan fingerprint density at radius 3 is 2.73 bits per heavy atom. The van der Waals surface area contributed by atoms with Crippen molar-refractivity contribution in [1.29, 1.82) is 0 Å². The highest BCUT2D eigenvalue weighted by Gasteiger charge is 2.28. The molecule has 1 fully saturated rings. The van der Waals surface area contributed by atoms with Crippen molar-refractivity contribution in [1.82, 2.24) is 4.72 Å². The topological polar surface area (TPSA) is 92.7 Å². The zero-order chi connectivity index (χ0) is 11.5. The molecule has 0 aromatic rings. The molecule has 1 rings (SSSR count). The molecule has 0 aliphatic carbocycles. The lowest BCUT2D eigenvalue weighted by molar-refractivity contribution is -0.136. The Bertz CT molecular complexity index is 326. The van der Waals surface area contributed by atoms with Crippen LogP contribution in [-0.2, 0) is 19.6 Å². The van der Waals surface area contributed by atoms with Crippen LogP contribution in [-0.4, -0.2) is 44.0 Å². The van der Waals surface area contributed by atoms with Gasteiger partial charge in [0.1, 0.15) is 0 Å². The third-order valence-electron chi connectivity index (χ3n) is 2.29. The summed E-state index contributed by atoms with van der Waals surface area (Å²) in [5.41, 5.74) is 0. The Hall–Kier alpha value is -0.660. The average Bonchev–Trinajstić information content (AvgIpc) is 2.48. The minimum Gasteiger partial charge on any atom is -0.481 e. The van der Waals surface area contributed by atoms with E-state index < -0.39 is 16.0 Å². The van der Waals surface area contributed by atoms with Gasteiger partial charge in [0.05, 0.1) is 18.3 Å². The quantitative estimate of drug-likeness (QED) is 0.676. The number of sulfonamides is 1. The van der Waals surface area contributed by atoms with Crippen LogP contribution in [0.25, 0.3) is 0 Å². The fourth-order valence-electron chi connectivity index (χ4n) is 1.40. The predicted octanol–water partition coefficient (Wildman–Crippen LogP) is -0.442. The molecule has 2 atom stereocenters. The van der Waals surface area contributed by atoms with E-state index >= 15 is 0 Å². The molecule has 0 saturated carbocycles. The van der Waals surface area contributed by atoms with Gasteiger partial charge in [0.15, 0.2) is 0 Å². The Kier molecular flexibility index (Phi) is 4.06. The molecule has 2 N–H and O–H groups in total. The van der Waals surface area contributed by atoms with Crippen molar-refractivity contribution in [3.8, 4) is 0 Å². The van der Waals surface area contributed by atoms with Crippen molar-refractivity contribution in [2.24, 2.45) is 0 Å². The Morgan fingerprint density at radius 2 is 2.27 bits per heavy atom. The summed E-state index contributed by atoms with van der Waals surface area (Å²) in [6, 6.07) is -0.233. The fourth-order valence-corrected chi connectivity index (χ4v) is 2.73. The molecule has 1 aliphatic rings. The summed E-state index contributed by atoms with van der Waals surface area (Å²) in [4.78, 5) is 10.2. The summed E-state index contributed by atoms with van der Waals surface area (Å²) in [6.07, 6.45) is 0.106. The molecule has 1 saturated heterocycles. The van der Waals surface area contributed by atoms with Gasteiger partial charge < -0.3 is 9.84 Å². The molecule has 15 heavy (non-hydrogen) atoms. The number of hydrogen-bond acceptors (Lipinski definition) is 4. The first-order valence-corrected chi connectivity index (χ1v) is 6.39. The van der Waals surface area contributed by atoms with Gasteiger partial charge in [-0.05, 0) is 13.3 Å². The number of ether oxygens (including phenoxy) is 1. The highest BCUT2D eigenvalue weighted by atomic mass is 32.2. The summed E-state index contributed by atoms with van der Waals surface area (Å²) in [7, 11) is -3.50. The second-order valence-electron chi connectivity index (χ2n) is 3.55. The smallest absolute Gasteiger partial charge is 0.304 e. The molecular weight excluding hydrogens is 222 g/mol. The van der Waals surface area contributed by atoms with Crippen LogP contribution in [0.5, 0.6) is 0 Å². The van der Waals surface area contributed by atoms with Gasteiger partial charge in [0.25, 0.3) is 0 Å². The zero-order valence-electron chi connectivity index (χ0n) is 8.47. The minimum atomic E-state index is -3.50. The van der Waals surface area contributed by atoms with Crippen LogP contribution in [0.2, 0.25) is 0 Å². The van der Waals surface area contributed by atoms with Crippen molar-refractivity contribution < 1.29 is 23.1 Å². The largest absolute Gasteiger partial charge is 0.481 e. The van der Waals surface area contributed by atoms with Crippen LogP contribution >= 0.6 is 0 Å². The third kappa shape index (κ3) is 4.15. The van der Waals surface area contributed by atoms with E-state index in [1.807, 2.05) is 0 Å². The fraction of sp³-hybridized carbons (Fsp3) is 0.875. The number of carboxylic acid groups (broad SMARTS) is 1. The van der Waals surface area contributed by atoms with Crippen LogP contribution in [0.1, 0.15) is 19.8 Å². The van der Waals surface area contributed by atoms with E-state index in [9.17, 15) is 13.2 Å². The van der Waals surface area contributed by atoms with Gasteiger partial charge >= 0.3 is 5.97 Å². The molecule has 0 bridgehead atoms. The van der Waals surface area contributed by atoms with Crippen LogP contribution in [0, 0.1) is 0 Å². The molecule has 6 nitrogen and oxygen atoms in total. The second kappa shape index (κ2) is 4.91. The maximum atomic E-state index is 11.4. The van der Waals surface area contributed by atoms with E-state index in [1.54, 1.807) is 6.92 Å². The molecule has 2 unspecified atom stereocenters. The summed E-state index contributed by atoms with van der Waals surface area (Å²) in [6.45, 7) is 2.32. The SMILES string of the molecule is CC1OCCC1NS(=O)(=O)CCC(=O)O. The lowest BCUT2D eigenvalue weighted by atomic mass is 10.2. The Labute approximate surface area is 88.7 Å². The van der Waals surface area contributed by atoms with E-state index in [4.69, 9.17) is 9.84 Å². The van der Waals surface area contributed by atoms with Gasteiger partial charge in [0, 0.05) is 12.6 Å². The lowest BCUT2D eigenvalue weighted by Gasteiger charge is -2.15. The average molecular weight is 237 g/mol. The molecule has 88 valence electrons. The standard InChI is InChI=1S/C8H15NO5S/c1-6-7(2-4-14-6)9-15(12,13)5-3-8(10)11/h6-7,9H,2-5H2,1H3,(H,10,11). The molecule has 7 heteroatoms. The first-order chi connectivity index (χ1) is 6.91. The van der Waals surface area contributed by atoms with E-state index in [0.717, 1.165) is 0 Å². The molecule has 0 radical (unpaired) electrons. The van der Waals surface area contributed by atoms with Crippen molar-refractivity contribution in [2.75, 3.05) is 12.4 Å². The zero-order valence-corrected chi connectivity index (χ0v) is 9.29. The molecule has 0 aromatic heterocycles. The molecule has 0 spiro atoms. The van der Waals surface area contributed by atoms with Gasteiger partial charge in [-0.25, -0.2) is 13.1 Å². The number of aliphatic carboxylic acids is 1.